The van der Waals surface area contributed by atoms with Gasteiger partial charge in [0.1, 0.15) is 0 Å². The maximum absolute atomic E-state index is 10.4. The molecule has 0 saturated carbocycles. The number of carbonyl (C=O) groups excluding carboxylic acids is 1. The van der Waals surface area contributed by atoms with E-state index in [0.29, 0.717) is 6.61 Å². The number of hydrogen-bond acceptors (Lipinski definition) is 3. The molecule has 0 aromatic rings. The third kappa shape index (κ3) is 5.53. The summed E-state index contributed by atoms with van der Waals surface area (Å²) < 4.78 is 4.60. The second-order valence-corrected chi connectivity index (χ2v) is 1.85. The van der Waals surface area contributed by atoms with Gasteiger partial charge >= 0.3 is 5.97 Å². The average Bonchev–Trinajstić information content (AvgIpc) is 1.89. The van der Waals surface area contributed by atoms with Gasteiger partial charge in [0.15, 0.2) is 6.61 Å². The first kappa shape index (κ1) is 9.39. The van der Waals surface area contributed by atoms with Crippen molar-refractivity contribution in [3.05, 3.63) is 0 Å². The minimum Gasteiger partial charge on any atom is -0.464 e. The van der Waals surface area contributed by atoms with Crippen LogP contribution in [-0.4, -0.2) is 19.2 Å². The zero-order valence-electron chi connectivity index (χ0n) is 6.00. The van der Waals surface area contributed by atoms with Crippen molar-refractivity contribution in [3.8, 4) is 0 Å². The Hall–Kier alpha value is -0.610. The van der Waals surface area contributed by atoms with Crippen LogP contribution in [0.2, 0.25) is 0 Å². The molecular weight excluding hydrogens is 134 g/mol. The van der Waals surface area contributed by atoms with E-state index in [2.05, 4.69) is 9.57 Å². The topological polar surface area (TPSA) is 57.8 Å². The van der Waals surface area contributed by atoms with Gasteiger partial charge in [-0.3, -0.25) is 4.84 Å². The van der Waals surface area contributed by atoms with Crippen LogP contribution in [0.5, 0.6) is 0 Å². The highest BCUT2D eigenvalue weighted by Crippen LogP contribution is 1.88. The Morgan fingerprint density at radius 3 is 2.80 bits per heavy atom. The van der Waals surface area contributed by atoms with Crippen LogP contribution in [0.4, 0.5) is 0 Å². The van der Waals surface area contributed by atoms with E-state index in [0.717, 1.165) is 12.8 Å². The van der Waals surface area contributed by atoms with Crippen LogP contribution in [-0.2, 0) is 14.4 Å². The van der Waals surface area contributed by atoms with E-state index in [1.165, 1.54) is 0 Å². The molecule has 0 aliphatic carbocycles. The zero-order valence-corrected chi connectivity index (χ0v) is 6.00. The smallest absolute Gasteiger partial charge is 0.334 e. The number of unbranched alkanes of at least 4 members (excludes halogenated alkanes) is 1. The van der Waals surface area contributed by atoms with Crippen LogP contribution in [0, 0.1) is 0 Å². The Bertz CT molecular complexity index is 95.0. The Kier molecular flexibility index (Phi) is 6.11. The quantitative estimate of drug-likeness (QED) is 0.318. The van der Waals surface area contributed by atoms with Gasteiger partial charge < -0.3 is 4.74 Å². The molecule has 0 unspecified atom stereocenters. The summed E-state index contributed by atoms with van der Waals surface area (Å²) in [6.45, 7) is 2.01. The largest absolute Gasteiger partial charge is 0.464 e. The highest BCUT2D eigenvalue weighted by atomic mass is 16.6. The number of carbonyl (C=O) groups is 1. The number of esters is 1. The fraction of sp³-hybridized carbons (Fsp3) is 0.833. The van der Waals surface area contributed by atoms with E-state index in [1.807, 2.05) is 6.92 Å². The fourth-order valence-electron chi connectivity index (χ4n) is 0.425. The average molecular weight is 145 g/mol. The van der Waals surface area contributed by atoms with E-state index in [4.69, 9.17) is 5.90 Å². The Morgan fingerprint density at radius 1 is 1.60 bits per heavy atom. The third-order valence-electron chi connectivity index (χ3n) is 0.943. The van der Waals surface area contributed by atoms with Crippen molar-refractivity contribution in [1.82, 2.24) is 5.90 Å². The molecule has 0 saturated heterocycles. The summed E-state index contributed by atoms with van der Waals surface area (Å²) in [4.78, 5) is 14.0. The van der Waals surface area contributed by atoms with E-state index < -0.39 is 5.97 Å². The van der Waals surface area contributed by atoms with Crippen LogP contribution in [0.25, 0.3) is 0 Å². The van der Waals surface area contributed by atoms with Crippen molar-refractivity contribution in [1.29, 1.82) is 0 Å². The van der Waals surface area contributed by atoms with Crippen molar-refractivity contribution < 1.29 is 14.4 Å². The second kappa shape index (κ2) is 6.51. The van der Waals surface area contributed by atoms with Crippen LogP contribution < -0.4 is 5.90 Å². The molecule has 58 valence electrons. The number of ether oxygens (including phenoxy) is 1. The predicted molar refractivity (Wildman–Crippen MR) is 34.0 cm³/mol. The molecule has 0 aromatic carbocycles. The van der Waals surface area contributed by atoms with E-state index in [9.17, 15) is 4.79 Å². The van der Waals surface area contributed by atoms with Gasteiger partial charge in [-0.25, -0.2) is 4.79 Å². The first-order valence-electron chi connectivity index (χ1n) is 3.23. The molecule has 2 radical (unpaired) electrons. The molecule has 0 amide bonds. The molecule has 0 atom stereocenters. The first-order chi connectivity index (χ1) is 4.81. The third-order valence-corrected chi connectivity index (χ3v) is 0.943. The molecule has 0 spiro atoms. The van der Waals surface area contributed by atoms with Gasteiger partial charge in [-0.1, -0.05) is 13.3 Å². The Balaban J connectivity index is 3.05. The molecule has 0 fully saturated rings. The molecule has 0 aromatic heterocycles. The van der Waals surface area contributed by atoms with Gasteiger partial charge in [0, 0.05) is 5.90 Å². The summed E-state index contributed by atoms with van der Waals surface area (Å²) in [5, 5.41) is 0. The molecule has 0 bridgehead atoms. The maximum Gasteiger partial charge on any atom is 0.334 e. The molecule has 0 aliphatic heterocycles. The van der Waals surface area contributed by atoms with Crippen LogP contribution >= 0.6 is 0 Å². The Morgan fingerprint density at radius 2 is 2.30 bits per heavy atom. The number of rotatable bonds is 5. The van der Waals surface area contributed by atoms with Crippen LogP contribution in [0.1, 0.15) is 19.8 Å². The van der Waals surface area contributed by atoms with Gasteiger partial charge in [0.05, 0.1) is 6.61 Å². The predicted octanol–water partition coefficient (Wildman–Crippen LogP) is 0.330. The zero-order chi connectivity index (χ0) is 7.82. The summed E-state index contributed by atoms with van der Waals surface area (Å²) in [7, 11) is 0. The van der Waals surface area contributed by atoms with Crippen molar-refractivity contribution in [2.45, 2.75) is 19.8 Å². The highest BCUT2D eigenvalue weighted by Gasteiger charge is 1.99. The second-order valence-electron chi connectivity index (χ2n) is 1.85. The molecule has 0 heterocycles. The van der Waals surface area contributed by atoms with Crippen molar-refractivity contribution in [2.24, 2.45) is 0 Å². The number of hydrogen-bond donors (Lipinski definition) is 0. The fourth-order valence-corrected chi connectivity index (χ4v) is 0.425. The van der Waals surface area contributed by atoms with Gasteiger partial charge in [0.2, 0.25) is 0 Å². The summed E-state index contributed by atoms with van der Waals surface area (Å²) in [6.07, 6.45) is 1.82. The van der Waals surface area contributed by atoms with Crippen molar-refractivity contribution in [2.75, 3.05) is 13.2 Å². The lowest BCUT2D eigenvalue weighted by molar-refractivity contribution is -0.149. The van der Waals surface area contributed by atoms with Crippen molar-refractivity contribution >= 4 is 5.97 Å². The number of nitrogens with zero attached hydrogens (tertiary/aromatic N) is 1. The minimum absolute atomic E-state index is 0.385. The van der Waals surface area contributed by atoms with Crippen molar-refractivity contribution in [3.63, 3.8) is 0 Å². The van der Waals surface area contributed by atoms with Gasteiger partial charge in [-0.15, -0.1) is 0 Å². The molecule has 4 heteroatoms. The van der Waals surface area contributed by atoms with Gasteiger partial charge in [0.25, 0.3) is 0 Å². The standard InChI is InChI=1S/C6H11NO3/c1-2-3-4-9-6(8)5-10-7/h2-5H2,1H3. The minimum atomic E-state index is -0.532. The lowest BCUT2D eigenvalue weighted by Gasteiger charge is -1.99. The molecule has 0 N–H and O–H groups in total. The summed E-state index contributed by atoms with van der Waals surface area (Å²) in [5.41, 5.74) is 0. The SMILES string of the molecule is CCCCOC(=O)CO[N]. The molecule has 4 nitrogen and oxygen atoms in total. The first-order valence-corrected chi connectivity index (χ1v) is 3.23. The normalized spacial score (nSPS) is 9.40. The van der Waals surface area contributed by atoms with Gasteiger partial charge in [-0.05, 0) is 6.42 Å². The molecular formula is C6H11NO3. The van der Waals surface area contributed by atoms with E-state index in [-0.39, 0.29) is 6.61 Å². The van der Waals surface area contributed by atoms with Crippen LogP contribution in [0.15, 0.2) is 0 Å². The van der Waals surface area contributed by atoms with Crippen LogP contribution in [0.3, 0.4) is 0 Å². The highest BCUT2D eigenvalue weighted by molar-refractivity contribution is 5.70. The molecule has 0 aliphatic rings. The summed E-state index contributed by atoms with van der Waals surface area (Å²) in [5.74, 6) is 7.26. The Labute approximate surface area is 60.2 Å². The summed E-state index contributed by atoms with van der Waals surface area (Å²) in [6, 6.07) is 0. The maximum atomic E-state index is 10.4. The lowest BCUT2D eigenvalue weighted by Crippen LogP contribution is -2.12. The summed E-state index contributed by atoms with van der Waals surface area (Å²) >= 11 is 0. The van der Waals surface area contributed by atoms with Gasteiger partial charge in [-0.2, -0.15) is 0 Å². The molecule has 0 rings (SSSR count). The van der Waals surface area contributed by atoms with E-state index >= 15 is 0 Å². The van der Waals surface area contributed by atoms with E-state index in [1.54, 1.807) is 0 Å². The monoisotopic (exact) mass is 145 g/mol. The molecule has 10 heavy (non-hydrogen) atoms. The lowest BCUT2D eigenvalue weighted by atomic mass is 10.4.